The molecule has 0 radical (unpaired) electrons. The Hall–Kier alpha value is -2.73. The topological polar surface area (TPSA) is 59.9 Å². The quantitative estimate of drug-likeness (QED) is 0.646. The highest BCUT2D eigenvalue weighted by molar-refractivity contribution is 6.30. The first kappa shape index (κ1) is 18.1. The summed E-state index contributed by atoms with van der Waals surface area (Å²) in [6.45, 7) is 4.47. The average molecular weight is 373 g/mol. The van der Waals surface area contributed by atoms with Crippen molar-refractivity contribution in [2.24, 2.45) is 0 Å². The second-order valence-corrected chi connectivity index (χ2v) is 6.13. The SMILES string of the molecule is CCCOc1cnc(-c2cc(Cl)ccc2F)nc1Nc1ccncc1C. The van der Waals surface area contributed by atoms with Gasteiger partial charge in [0.2, 0.25) is 0 Å². The fourth-order valence-corrected chi connectivity index (χ4v) is 2.49. The van der Waals surface area contributed by atoms with Gasteiger partial charge in [0.1, 0.15) is 5.82 Å². The van der Waals surface area contributed by atoms with Crippen LogP contribution in [0.25, 0.3) is 11.4 Å². The van der Waals surface area contributed by atoms with Crippen LogP contribution >= 0.6 is 11.6 Å². The Bertz CT molecular complexity index is 920. The van der Waals surface area contributed by atoms with E-state index in [2.05, 4.69) is 20.3 Å². The summed E-state index contributed by atoms with van der Waals surface area (Å²) in [5.41, 5.74) is 2.01. The molecule has 0 bridgehead atoms. The molecule has 0 fully saturated rings. The van der Waals surface area contributed by atoms with Crippen LogP contribution in [-0.4, -0.2) is 21.6 Å². The van der Waals surface area contributed by atoms with Crippen LogP contribution in [0.15, 0.2) is 42.9 Å². The Balaban J connectivity index is 2.04. The van der Waals surface area contributed by atoms with Gasteiger partial charge in [-0.1, -0.05) is 18.5 Å². The number of anilines is 2. The van der Waals surface area contributed by atoms with Crippen LogP contribution in [0.4, 0.5) is 15.9 Å². The molecule has 0 aliphatic rings. The van der Waals surface area contributed by atoms with Crippen molar-refractivity contribution in [1.29, 1.82) is 0 Å². The molecule has 0 atom stereocenters. The molecule has 7 heteroatoms. The lowest BCUT2D eigenvalue weighted by molar-refractivity contribution is 0.317. The van der Waals surface area contributed by atoms with Crippen molar-refractivity contribution in [1.82, 2.24) is 15.0 Å². The smallest absolute Gasteiger partial charge is 0.180 e. The van der Waals surface area contributed by atoms with Gasteiger partial charge in [-0.3, -0.25) is 4.98 Å². The highest BCUT2D eigenvalue weighted by atomic mass is 35.5. The lowest BCUT2D eigenvalue weighted by atomic mass is 10.2. The number of ether oxygens (including phenoxy) is 1. The van der Waals surface area contributed by atoms with Gasteiger partial charge < -0.3 is 10.1 Å². The summed E-state index contributed by atoms with van der Waals surface area (Å²) < 4.78 is 19.9. The van der Waals surface area contributed by atoms with E-state index in [-0.39, 0.29) is 11.4 Å². The Kier molecular flexibility index (Phi) is 5.63. The van der Waals surface area contributed by atoms with Crippen LogP contribution in [0, 0.1) is 12.7 Å². The van der Waals surface area contributed by atoms with Crippen LogP contribution in [0.1, 0.15) is 18.9 Å². The maximum absolute atomic E-state index is 14.2. The van der Waals surface area contributed by atoms with Gasteiger partial charge in [-0.25, -0.2) is 14.4 Å². The number of aromatic nitrogens is 3. The van der Waals surface area contributed by atoms with E-state index in [1.165, 1.54) is 24.4 Å². The zero-order chi connectivity index (χ0) is 18.5. The predicted molar refractivity (Wildman–Crippen MR) is 100 cm³/mol. The molecule has 0 spiro atoms. The predicted octanol–water partition coefficient (Wildman–Crippen LogP) is 5.17. The van der Waals surface area contributed by atoms with E-state index in [4.69, 9.17) is 16.3 Å². The molecule has 3 rings (SSSR count). The highest BCUT2D eigenvalue weighted by Gasteiger charge is 2.14. The minimum Gasteiger partial charge on any atom is -0.488 e. The number of nitrogens with zero attached hydrogens (tertiary/aromatic N) is 3. The molecule has 134 valence electrons. The molecule has 0 saturated carbocycles. The highest BCUT2D eigenvalue weighted by Crippen LogP contribution is 2.30. The first-order valence-electron chi connectivity index (χ1n) is 8.21. The third kappa shape index (κ3) is 4.08. The molecule has 2 heterocycles. The number of pyridine rings is 1. The van der Waals surface area contributed by atoms with E-state index < -0.39 is 5.82 Å². The molecule has 0 unspecified atom stereocenters. The van der Waals surface area contributed by atoms with Crippen molar-refractivity contribution >= 4 is 23.1 Å². The van der Waals surface area contributed by atoms with Crippen molar-refractivity contribution < 1.29 is 9.13 Å². The van der Waals surface area contributed by atoms with Crippen LogP contribution in [0.3, 0.4) is 0 Å². The monoisotopic (exact) mass is 372 g/mol. The lowest BCUT2D eigenvalue weighted by Crippen LogP contribution is -2.05. The Morgan fingerprint density at radius 1 is 1.23 bits per heavy atom. The molecule has 2 aromatic heterocycles. The number of hydrogen-bond acceptors (Lipinski definition) is 5. The Labute approximate surface area is 156 Å². The summed E-state index contributed by atoms with van der Waals surface area (Å²) >= 11 is 5.99. The van der Waals surface area contributed by atoms with E-state index >= 15 is 0 Å². The van der Waals surface area contributed by atoms with Crippen molar-refractivity contribution in [3.8, 4) is 17.1 Å². The summed E-state index contributed by atoms with van der Waals surface area (Å²) in [7, 11) is 0. The number of benzene rings is 1. The fourth-order valence-electron chi connectivity index (χ4n) is 2.32. The minimum absolute atomic E-state index is 0.225. The molecule has 0 aliphatic heterocycles. The zero-order valence-electron chi connectivity index (χ0n) is 14.5. The minimum atomic E-state index is -0.442. The molecule has 0 aliphatic carbocycles. The van der Waals surface area contributed by atoms with E-state index in [0.717, 1.165) is 17.7 Å². The fraction of sp³-hybridized carbons (Fsp3) is 0.211. The van der Waals surface area contributed by atoms with Crippen LogP contribution < -0.4 is 10.1 Å². The Morgan fingerprint density at radius 3 is 2.85 bits per heavy atom. The summed E-state index contributed by atoms with van der Waals surface area (Å²) in [5.74, 6) is 0.733. The van der Waals surface area contributed by atoms with Crippen LogP contribution in [-0.2, 0) is 0 Å². The van der Waals surface area contributed by atoms with Crippen molar-refractivity contribution in [2.45, 2.75) is 20.3 Å². The van der Waals surface area contributed by atoms with E-state index in [0.29, 0.717) is 23.2 Å². The molecule has 1 N–H and O–H groups in total. The maximum atomic E-state index is 14.2. The number of rotatable bonds is 6. The summed E-state index contributed by atoms with van der Waals surface area (Å²) in [6, 6.07) is 6.11. The van der Waals surface area contributed by atoms with Gasteiger partial charge in [0, 0.05) is 23.1 Å². The van der Waals surface area contributed by atoms with Gasteiger partial charge in [-0.15, -0.1) is 0 Å². The average Bonchev–Trinajstić information content (AvgIpc) is 2.64. The van der Waals surface area contributed by atoms with Gasteiger partial charge in [0.25, 0.3) is 0 Å². The third-order valence-corrected chi connectivity index (χ3v) is 3.89. The number of aryl methyl sites for hydroxylation is 1. The second-order valence-electron chi connectivity index (χ2n) is 5.69. The molecule has 0 saturated heterocycles. The van der Waals surface area contributed by atoms with Crippen LogP contribution in [0.5, 0.6) is 5.75 Å². The van der Waals surface area contributed by atoms with E-state index in [1.54, 1.807) is 12.4 Å². The molecule has 5 nitrogen and oxygen atoms in total. The normalized spacial score (nSPS) is 10.6. The summed E-state index contributed by atoms with van der Waals surface area (Å²) in [5, 5.41) is 3.64. The number of hydrogen-bond donors (Lipinski definition) is 1. The first-order chi connectivity index (χ1) is 12.6. The molecule has 0 amide bonds. The van der Waals surface area contributed by atoms with Gasteiger partial charge in [-0.05, 0) is 43.2 Å². The molecular formula is C19H18ClFN4O. The van der Waals surface area contributed by atoms with E-state index in [1.807, 2.05) is 19.9 Å². The molecule has 1 aromatic carbocycles. The van der Waals surface area contributed by atoms with Gasteiger partial charge in [-0.2, -0.15) is 0 Å². The van der Waals surface area contributed by atoms with Crippen molar-refractivity contribution in [3.05, 3.63) is 59.3 Å². The zero-order valence-corrected chi connectivity index (χ0v) is 15.2. The van der Waals surface area contributed by atoms with Crippen molar-refractivity contribution in [2.75, 3.05) is 11.9 Å². The lowest BCUT2D eigenvalue weighted by Gasteiger charge is -2.14. The van der Waals surface area contributed by atoms with E-state index in [9.17, 15) is 4.39 Å². The second kappa shape index (κ2) is 8.10. The maximum Gasteiger partial charge on any atom is 0.180 e. The van der Waals surface area contributed by atoms with Crippen LogP contribution in [0.2, 0.25) is 5.02 Å². The third-order valence-electron chi connectivity index (χ3n) is 3.66. The molecule has 26 heavy (non-hydrogen) atoms. The summed E-state index contributed by atoms with van der Waals surface area (Å²) in [4.78, 5) is 12.8. The number of halogens is 2. The van der Waals surface area contributed by atoms with Gasteiger partial charge in [0.05, 0.1) is 18.4 Å². The molecule has 3 aromatic rings. The largest absolute Gasteiger partial charge is 0.488 e. The standard InChI is InChI=1S/C19H18ClFN4O/c1-3-8-26-17-11-23-18(14-9-13(20)4-5-15(14)21)25-19(17)24-16-6-7-22-10-12(16)2/h4-7,9-11H,3,8H2,1-2H3,(H,22,23,24,25). The van der Waals surface area contributed by atoms with Gasteiger partial charge in [0.15, 0.2) is 17.4 Å². The van der Waals surface area contributed by atoms with Gasteiger partial charge >= 0.3 is 0 Å². The first-order valence-corrected chi connectivity index (χ1v) is 8.59. The molecular weight excluding hydrogens is 355 g/mol. The number of nitrogens with one attached hydrogen (secondary N) is 1. The Morgan fingerprint density at radius 2 is 2.08 bits per heavy atom. The van der Waals surface area contributed by atoms with Crippen molar-refractivity contribution in [3.63, 3.8) is 0 Å². The summed E-state index contributed by atoms with van der Waals surface area (Å²) in [6.07, 6.45) is 5.81.